The Morgan fingerprint density at radius 2 is 1.96 bits per heavy atom. The Morgan fingerprint density at radius 3 is 2.57 bits per heavy atom. The third-order valence-corrected chi connectivity index (χ3v) is 4.78. The average Bonchev–Trinajstić information content (AvgIpc) is 2.87. The maximum absolute atomic E-state index is 12.6. The average molecular weight is 347 g/mol. The van der Waals surface area contributed by atoms with E-state index in [9.17, 15) is 18.0 Å². The first kappa shape index (κ1) is 18.1. The van der Waals surface area contributed by atoms with Crippen molar-refractivity contribution in [1.82, 2.24) is 4.90 Å². The second kappa shape index (κ2) is 8.06. The minimum Gasteiger partial charge on any atom is -0.381 e. The number of alkyl halides is 3. The van der Waals surface area contributed by atoms with Crippen LogP contribution in [0.1, 0.15) is 36.3 Å². The third-order valence-electron chi connectivity index (χ3n) is 3.53. The number of benzene rings is 1. The van der Waals surface area contributed by atoms with Crippen molar-refractivity contribution in [2.75, 3.05) is 25.5 Å². The minimum atomic E-state index is -4.34. The highest BCUT2D eigenvalue weighted by atomic mass is 32.2. The van der Waals surface area contributed by atoms with E-state index in [0.29, 0.717) is 25.5 Å². The quantitative estimate of drug-likeness (QED) is 0.696. The van der Waals surface area contributed by atoms with Gasteiger partial charge in [0.25, 0.3) is 0 Å². The Morgan fingerprint density at radius 1 is 1.26 bits per heavy atom. The fourth-order valence-corrected chi connectivity index (χ4v) is 3.61. The van der Waals surface area contributed by atoms with Gasteiger partial charge in [-0.25, -0.2) is 0 Å². The van der Waals surface area contributed by atoms with Crippen molar-refractivity contribution in [3.8, 4) is 0 Å². The Hall–Kier alpha value is -1.21. The van der Waals surface area contributed by atoms with Crippen LogP contribution in [0.15, 0.2) is 24.3 Å². The van der Waals surface area contributed by atoms with Crippen LogP contribution in [0.4, 0.5) is 13.2 Å². The van der Waals surface area contributed by atoms with Gasteiger partial charge in [0.1, 0.15) is 5.37 Å². The number of nitrogens with zero attached hydrogens (tertiary/aromatic N) is 1. The van der Waals surface area contributed by atoms with Gasteiger partial charge in [0.05, 0.1) is 11.3 Å². The molecule has 1 amide bonds. The predicted octanol–water partition coefficient (Wildman–Crippen LogP) is 4.10. The number of carbonyl (C=O) groups excluding carboxylic acids is 1. The maximum atomic E-state index is 12.6. The molecule has 23 heavy (non-hydrogen) atoms. The zero-order valence-corrected chi connectivity index (χ0v) is 13.8. The molecule has 1 aliphatic rings. The van der Waals surface area contributed by atoms with Crippen LogP contribution < -0.4 is 0 Å². The van der Waals surface area contributed by atoms with E-state index in [-0.39, 0.29) is 11.3 Å². The summed E-state index contributed by atoms with van der Waals surface area (Å²) in [5.41, 5.74) is 0.0541. The summed E-state index contributed by atoms with van der Waals surface area (Å²) in [6, 6.07) is 5.06. The molecular formula is C16H20F3NO2S. The highest BCUT2D eigenvalue weighted by Gasteiger charge is 2.34. The summed E-state index contributed by atoms with van der Waals surface area (Å²) < 4.78 is 43.3. The number of hydrogen-bond donors (Lipinski definition) is 0. The molecule has 1 aliphatic heterocycles. The van der Waals surface area contributed by atoms with E-state index in [1.165, 1.54) is 23.9 Å². The van der Waals surface area contributed by atoms with E-state index < -0.39 is 11.7 Å². The monoisotopic (exact) mass is 347 g/mol. The van der Waals surface area contributed by atoms with Crippen molar-refractivity contribution < 1.29 is 22.7 Å². The van der Waals surface area contributed by atoms with E-state index in [4.69, 9.17) is 4.74 Å². The lowest BCUT2D eigenvalue weighted by atomic mass is 10.1. The first-order chi connectivity index (χ1) is 10.9. The van der Waals surface area contributed by atoms with Gasteiger partial charge in [-0.2, -0.15) is 13.2 Å². The van der Waals surface area contributed by atoms with Crippen molar-refractivity contribution in [2.45, 2.75) is 31.3 Å². The lowest BCUT2D eigenvalue weighted by Gasteiger charge is -2.24. The number of rotatable bonds is 7. The molecule has 0 bridgehead atoms. The molecule has 3 nitrogen and oxygen atoms in total. The van der Waals surface area contributed by atoms with Crippen LogP contribution in [0, 0.1) is 0 Å². The van der Waals surface area contributed by atoms with Crippen LogP contribution in [0.5, 0.6) is 0 Å². The number of amides is 1. The van der Waals surface area contributed by atoms with Gasteiger partial charge in [0.15, 0.2) is 0 Å². The van der Waals surface area contributed by atoms with Gasteiger partial charge in [0, 0.05) is 19.8 Å². The molecule has 128 valence electrons. The number of thioether (sulfide) groups is 1. The molecular weight excluding hydrogens is 327 g/mol. The Labute approximate surface area is 138 Å². The van der Waals surface area contributed by atoms with Crippen LogP contribution in [-0.2, 0) is 15.7 Å². The first-order valence-corrected chi connectivity index (χ1v) is 8.64. The zero-order chi connectivity index (χ0) is 16.9. The maximum Gasteiger partial charge on any atom is 0.416 e. The lowest BCUT2D eigenvalue weighted by Crippen LogP contribution is -2.30. The summed E-state index contributed by atoms with van der Waals surface area (Å²) in [6.45, 7) is 3.87. The van der Waals surface area contributed by atoms with Crippen molar-refractivity contribution in [3.05, 3.63) is 35.4 Å². The van der Waals surface area contributed by atoms with Crippen molar-refractivity contribution in [2.24, 2.45) is 0 Å². The molecule has 0 aromatic heterocycles. The van der Waals surface area contributed by atoms with E-state index in [1.54, 1.807) is 4.90 Å². The van der Waals surface area contributed by atoms with Gasteiger partial charge in [-0.1, -0.05) is 19.1 Å². The lowest BCUT2D eigenvalue weighted by molar-refractivity contribution is -0.137. The molecule has 1 atom stereocenters. The predicted molar refractivity (Wildman–Crippen MR) is 84.1 cm³/mol. The van der Waals surface area contributed by atoms with E-state index >= 15 is 0 Å². The van der Waals surface area contributed by atoms with Gasteiger partial charge >= 0.3 is 6.18 Å². The summed E-state index contributed by atoms with van der Waals surface area (Å²) in [7, 11) is 0. The molecule has 0 N–H and O–H groups in total. The van der Waals surface area contributed by atoms with Gasteiger partial charge < -0.3 is 9.64 Å². The van der Waals surface area contributed by atoms with Crippen LogP contribution in [0.3, 0.4) is 0 Å². The molecule has 1 aromatic rings. The van der Waals surface area contributed by atoms with E-state index in [2.05, 4.69) is 0 Å². The second-order valence-corrected chi connectivity index (χ2v) is 6.40. The molecule has 1 saturated heterocycles. The molecule has 1 heterocycles. The highest BCUT2D eigenvalue weighted by Crippen LogP contribution is 2.39. The van der Waals surface area contributed by atoms with E-state index in [0.717, 1.165) is 30.5 Å². The summed E-state index contributed by atoms with van der Waals surface area (Å²) in [5, 5.41) is -0.212. The standard InChI is InChI=1S/C16H20F3NO2S/c1-2-9-22-10-3-8-20-14(21)11-23-15(20)12-4-6-13(7-5-12)16(17,18)19/h4-7,15H,2-3,8-11H2,1H3. The van der Waals surface area contributed by atoms with Gasteiger partial charge in [-0.15, -0.1) is 11.8 Å². The molecule has 0 saturated carbocycles. The van der Waals surface area contributed by atoms with Gasteiger partial charge in [-0.05, 0) is 30.5 Å². The molecule has 0 aliphatic carbocycles. The summed E-state index contributed by atoms with van der Waals surface area (Å²) in [5.74, 6) is 0.386. The topological polar surface area (TPSA) is 29.5 Å². The van der Waals surface area contributed by atoms with Gasteiger partial charge in [-0.3, -0.25) is 4.79 Å². The minimum absolute atomic E-state index is 0.0235. The highest BCUT2D eigenvalue weighted by molar-refractivity contribution is 8.00. The smallest absolute Gasteiger partial charge is 0.381 e. The Kier molecular flexibility index (Phi) is 6.35. The molecule has 0 radical (unpaired) electrons. The number of hydrogen-bond acceptors (Lipinski definition) is 3. The Balaban J connectivity index is 1.98. The second-order valence-electron chi connectivity index (χ2n) is 5.34. The molecule has 1 unspecified atom stereocenters. The van der Waals surface area contributed by atoms with E-state index in [1.807, 2.05) is 6.92 Å². The van der Waals surface area contributed by atoms with Crippen LogP contribution in [0.25, 0.3) is 0 Å². The molecule has 0 spiro atoms. The van der Waals surface area contributed by atoms with Crippen LogP contribution >= 0.6 is 11.8 Å². The summed E-state index contributed by atoms with van der Waals surface area (Å²) >= 11 is 1.45. The molecule has 1 fully saturated rings. The van der Waals surface area contributed by atoms with Crippen LogP contribution in [-0.4, -0.2) is 36.3 Å². The fourth-order valence-electron chi connectivity index (χ4n) is 2.39. The Bertz CT molecular complexity index is 519. The molecule has 1 aromatic carbocycles. The summed E-state index contributed by atoms with van der Waals surface area (Å²) in [4.78, 5) is 13.7. The van der Waals surface area contributed by atoms with Gasteiger partial charge in [0.2, 0.25) is 5.91 Å². The fraction of sp³-hybridized carbons (Fsp3) is 0.562. The van der Waals surface area contributed by atoms with Crippen LogP contribution in [0.2, 0.25) is 0 Å². The van der Waals surface area contributed by atoms with Crippen molar-refractivity contribution in [1.29, 1.82) is 0 Å². The zero-order valence-electron chi connectivity index (χ0n) is 12.9. The largest absolute Gasteiger partial charge is 0.416 e. The number of halogens is 3. The molecule has 7 heteroatoms. The SMILES string of the molecule is CCCOCCCN1C(=O)CSC1c1ccc(C(F)(F)F)cc1. The summed E-state index contributed by atoms with van der Waals surface area (Å²) in [6.07, 6.45) is -2.66. The normalized spacial score (nSPS) is 18.7. The van der Waals surface area contributed by atoms with Crippen molar-refractivity contribution >= 4 is 17.7 Å². The third kappa shape index (κ3) is 4.88. The molecule has 2 rings (SSSR count). The first-order valence-electron chi connectivity index (χ1n) is 7.59. The number of carbonyl (C=O) groups is 1. The van der Waals surface area contributed by atoms with Crippen molar-refractivity contribution in [3.63, 3.8) is 0 Å². The number of ether oxygens (including phenoxy) is 1.